The summed E-state index contributed by atoms with van der Waals surface area (Å²) in [6.45, 7) is 2.89. The first kappa shape index (κ1) is 18.5. The molecule has 0 saturated carbocycles. The van der Waals surface area contributed by atoms with Gasteiger partial charge in [0.25, 0.3) is 0 Å². The number of hydrogen-bond acceptors (Lipinski definition) is 4. The molecule has 0 aliphatic carbocycles. The summed E-state index contributed by atoms with van der Waals surface area (Å²) in [6, 6.07) is 23.1. The van der Waals surface area contributed by atoms with Crippen LogP contribution in [0, 0.1) is 20.8 Å². The lowest BCUT2D eigenvalue weighted by atomic mass is 10.2. The average molecular weight is 384 g/mol. The zero-order valence-corrected chi connectivity index (χ0v) is 16.7. The maximum atomic E-state index is 6.05. The maximum Gasteiger partial charge on any atom is 0.490 e. The molecule has 26 heavy (non-hydrogen) atoms. The van der Waals surface area contributed by atoms with Crippen molar-refractivity contribution in [1.82, 2.24) is 0 Å². The quantitative estimate of drug-likeness (QED) is 0.461. The fourth-order valence-corrected chi connectivity index (χ4v) is 4.46. The molecule has 3 rings (SSSR count). The zero-order valence-electron chi connectivity index (χ0n) is 15.0. The summed E-state index contributed by atoms with van der Waals surface area (Å²) < 4.78 is 18.2. The molecule has 0 fully saturated rings. The highest BCUT2D eigenvalue weighted by Gasteiger charge is 2.27. The monoisotopic (exact) mass is 384 g/mol. The first-order valence-electron chi connectivity index (χ1n) is 8.31. The van der Waals surface area contributed by atoms with E-state index in [1.54, 1.807) is 0 Å². The molecule has 0 aromatic heterocycles. The van der Waals surface area contributed by atoms with Crippen molar-refractivity contribution in [2.45, 2.75) is 20.8 Å². The minimum absolute atomic E-state index is 0.633. The molecule has 0 spiro atoms. The predicted octanol–water partition coefficient (Wildman–Crippen LogP) is 6.37. The van der Waals surface area contributed by atoms with Crippen LogP contribution in [0.25, 0.3) is 0 Å². The van der Waals surface area contributed by atoms with Gasteiger partial charge in [0.1, 0.15) is 17.2 Å². The molecule has 3 aromatic carbocycles. The van der Waals surface area contributed by atoms with Crippen LogP contribution in [-0.2, 0) is 11.8 Å². The van der Waals surface area contributed by atoms with Crippen LogP contribution in [0.5, 0.6) is 17.2 Å². The Balaban J connectivity index is 1.92. The first-order valence-corrected chi connectivity index (χ1v) is 10.9. The van der Waals surface area contributed by atoms with E-state index in [-0.39, 0.29) is 0 Å². The highest BCUT2D eigenvalue weighted by Crippen LogP contribution is 2.50. The van der Waals surface area contributed by atoms with Crippen molar-refractivity contribution < 1.29 is 13.6 Å². The molecule has 0 aliphatic heterocycles. The van der Waals surface area contributed by atoms with Gasteiger partial charge >= 0.3 is 6.72 Å². The Morgan fingerprint density at radius 1 is 0.577 bits per heavy atom. The van der Waals surface area contributed by atoms with Gasteiger partial charge in [0.15, 0.2) is 0 Å². The van der Waals surface area contributed by atoms with Crippen LogP contribution >= 0.6 is 6.72 Å². The minimum atomic E-state index is -3.11. The van der Waals surface area contributed by atoms with E-state index in [2.05, 4.69) is 0 Å². The molecule has 0 radical (unpaired) electrons. The summed E-state index contributed by atoms with van der Waals surface area (Å²) in [5.74, 6) is 1.90. The lowest BCUT2D eigenvalue weighted by molar-refractivity contribution is 0.384. The summed E-state index contributed by atoms with van der Waals surface area (Å²) in [6.07, 6.45) is 0. The molecular weight excluding hydrogens is 363 g/mol. The molecule has 0 N–H and O–H groups in total. The lowest BCUT2D eigenvalue weighted by Crippen LogP contribution is -2.07. The Hall–Kier alpha value is -2.29. The average Bonchev–Trinajstić information content (AvgIpc) is 2.54. The molecule has 0 aliphatic rings. The number of rotatable bonds is 6. The first-order chi connectivity index (χ1) is 12.4. The number of hydrogen-bond donors (Lipinski definition) is 0. The van der Waals surface area contributed by atoms with E-state index in [4.69, 9.17) is 25.4 Å². The van der Waals surface area contributed by atoms with E-state index in [0.717, 1.165) is 16.7 Å². The third kappa shape index (κ3) is 5.10. The molecule has 0 atom stereocenters. The second-order valence-electron chi connectivity index (χ2n) is 6.17. The minimum Gasteiger partial charge on any atom is -0.407 e. The van der Waals surface area contributed by atoms with E-state index in [9.17, 15) is 0 Å². The van der Waals surface area contributed by atoms with Gasteiger partial charge in [-0.1, -0.05) is 36.4 Å². The Labute approximate surface area is 159 Å². The molecule has 0 bridgehead atoms. The number of aryl methyl sites for hydroxylation is 3. The van der Waals surface area contributed by atoms with Crippen molar-refractivity contribution in [3.63, 3.8) is 0 Å². The van der Waals surface area contributed by atoms with Crippen LogP contribution < -0.4 is 13.6 Å². The van der Waals surface area contributed by atoms with Gasteiger partial charge in [-0.25, -0.2) is 0 Å². The summed E-state index contributed by atoms with van der Waals surface area (Å²) in [4.78, 5) is 0. The van der Waals surface area contributed by atoms with Crippen LogP contribution in [0.1, 0.15) is 16.7 Å². The van der Waals surface area contributed by atoms with Gasteiger partial charge in [-0.05, 0) is 73.9 Å². The fraction of sp³-hybridized carbons (Fsp3) is 0.143. The van der Waals surface area contributed by atoms with E-state index >= 15 is 0 Å². The van der Waals surface area contributed by atoms with Crippen molar-refractivity contribution in [1.29, 1.82) is 0 Å². The summed E-state index contributed by atoms with van der Waals surface area (Å²) in [5, 5.41) is 0. The molecule has 3 aromatic rings. The van der Waals surface area contributed by atoms with Gasteiger partial charge < -0.3 is 13.6 Å². The van der Waals surface area contributed by atoms with Crippen molar-refractivity contribution in [3.05, 3.63) is 89.5 Å². The standard InChI is InChI=1S/C21H21O3PS/c1-16-7-4-10-19(13-16)22-25(26,23-20-11-5-8-17(2)14-20)24-21-12-6-9-18(3)15-21/h4-15H,1-3H3. The topological polar surface area (TPSA) is 27.7 Å². The number of benzene rings is 3. The highest BCUT2D eigenvalue weighted by molar-refractivity contribution is 8.08. The zero-order chi connectivity index (χ0) is 18.6. The molecule has 5 heteroatoms. The molecule has 0 unspecified atom stereocenters. The van der Waals surface area contributed by atoms with Crippen molar-refractivity contribution in [2.75, 3.05) is 0 Å². The van der Waals surface area contributed by atoms with Gasteiger partial charge in [-0.15, -0.1) is 0 Å². The fourth-order valence-electron chi connectivity index (χ4n) is 2.46. The molecule has 3 nitrogen and oxygen atoms in total. The lowest BCUT2D eigenvalue weighted by Gasteiger charge is -2.23. The van der Waals surface area contributed by atoms with Crippen LogP contribution in [0.4, 0.5) is 0 Å². The second-order valence-corrected chi connectivity index (χ2v) is 8.95. The third-order valence-electron chi connectivity index (χ3n) is 3.62. The summed E-state index contributed by atoms with van der Waals surface area (Å²) in [7, 11) is 0. The van der Waals surface area contributed by atoms with Crippen LogP contribution in [0.15, 0.2) is 72.8 Å². The highest BCUT2D eigenvalue weighted by atomic mass is 32.5. The van der Waals surface area contributed by atoms with Gasteiger partial charge in [-0.3, -0.25) is 0 Å². The van der Waals surface area contributed by atoms with E-state index in [0.29, 0.717) is 17.2 Å². The van der Waals surface area contributed by atoms with E-state index in [1.807, 2.05) is 93.6 Å². The Bertz CT molecular complexity index is 833. The van der Waals surface area contributed by atoms with Crippen molar-refractivity contribution in [2.24, 2.45) is 0 Å². The Morgan fingerprint density at radius 3 is 1.15 bits per heavy atom. The van der Waals surface area contributed by atoms with Gasteiger partial charge in [0, 0.05) is 11.8 Å². The second kappa shape index (κ2) is 7.94. The van der Waals surface area contributed by atoms with Crippen LogP contribution in [0.3, 0.4) is 0 Å². The van der Waals surface area contributed by atoms with Crippen molar-refractivity contribution >= 4 is 18.5 Å². The SMILES string of the molecule is Cc1cccc(OP(=S)(Oc2cccc(C)c2)Oc2cccc(C)c2)c1. The van der Waals surface area contributed by atoms with E-state index in [1.165, 1.54) is 0 Å². The summed E-state index contributed by atoms with van der Waals surface area (Å²) in [5.41, 5.74) is 3.24. The summed E-state index contributed by atoms with van der Waals surface area (Å²) >= 11 is 5.72. The molecule has 134 valence electrons. The largest absolute Gasteiger partial charge is 0.490 e. The molecule has 0 amide bonds. The van der Waals surface area contributed by atoms with Crippen molar-refractivity contribution in [3.8, 4) is 17.2 Å². The van der Waals surface area contributed by atoms with Gasteiger partial charge in [0.05, 0.1) is 0 Å². The maximum absolute atomic E-state index is 6.05. The Kier molecular flexibility index (Phi) is 5.65. The normalized spacial score (nSPS) is 11.0. The smallest absolute Gasteiger partial charge is 0.407 e. The van der Waals surface area contributed by atoms with Crippen LogP contribution in [-0.4, -0.2) is 0 Å². The molecule has 0 heterocycles. The van der Waals surface area contributed by atoms with Gasteiger partial charge in [0.2, 0.25) is 0 Å². The third-order valence-corrected chi connectivity index (χ3v) is 5.59. The van der Waals surface area contributed by atoms with Gasteiger partial charge in [-0.2, -0.15) is 0 Å². The molecular formula is C21H21O3PS. The van der Waals surface area contributed by atoms with Crippen LogP contribution in [0.2, 0.25) is 0 Å². The predicted molar refractivity (Wildman–Crippen MR) is 110 cm³/mol. The Morgan fingerprint density at radius 2 is 0.885 bits per heavy atom. The van der Waals surface area contributed by atoms with E-state index < -0.39 is 6.72 Å². The molecule has 0 saturated heterocycles.